The quantitative estimate of drug-likeness (QED) is 0.125. The molecule has 0 saturated carbocycles. The smallest absolute Gasteiger partial charge is 0.410 e. The molecule has 1 unspecified atom stereocenters. The van der Waals surface area contributed by atoms with Gasteiger partial charge in [-0.05, 0) is 43.0 Å². The summed E-state index contributed by atoms with van der Waals surface area (Å²) < 4.78 is 38.5. The van der Waals surface area contributed by atoms with Gasteiger partial charge in [0, 0.05) is 39.0 Å². The number of amides is 3. The van der Waals surface area contributed by atoms with Gasteiger partial charge in [-0.3, -0.25) is 9.59 Å². The van der Waals surface area contributed by atoms with E-state index in [9.17, 15) is 14.4 Å². The molecule has 12 heteroatoms. The van der Waals surface area contributed by atoms with Crippen molar-refractivity contribution in [3.63, 3.8) is 0 Å². The zero-order chi connectivity index (χ0) is 41.5. The van der Waals surface area contributed by atoms with Gasteiger partial charge in [0.15, 0.2) is 6.29 Å². The van der Waals surface area contributed by atoms with Gasteiger partial charge >= 0.3 is 6.09 Å². The second-order valence-electron chi connectivity index (χ2n) is 15.8. The Labute approximate surface area is 347 Å². The first-order valence-corrected chi connectivity index (χ1v) is 20.4. The highest BCUT2D eigenvalue weighted by molar-refractivity contribution is 5.84. The lowest BCUT2D eigenvalue weighted by Crippen LogP contribution is -2.66. The maximum atomic E-state index is 13.9. The van der Waals surface area contributed by atoms with E-state index in [-0.39, 0.29) is 51.1 Å². The maximum absolute atomic E-state index is 13.9. The molecule has 4 aromatic rings. The highest BCUT2D eigenvalue weighted by Gasteiger charge is 2.49. The predicted molar refractivity (Wildman–Crippen MR) is 222 cm³/mol. The van der Waals surface area contributed by atoms with Crippen molar-refractivity contribution >= 4 is 17.9 Å². The molecule has 4 aromatic carbocycles. The van der Waals surface area contributed by atoms with Gasteiger partial charge in [-0.15, -0.1) is 0 Å². The van der Waals surface area contributed by atoms with Crippen LogP contribution in [0.2, 0.25) is 0 Å². The van der Waals surface area contributed by atoms with E-state index in [1.54, 1.807) is 9.80 Å². The maximum Gasteiger partial charge on any atom is 0.410 e. The molecule has 2 saturated heterocycles. The third-order valence-corrected chi connectivity index (χ3v) is 10.0. The standard InChI is InChI=1S/C47H57N3O9/c1-47(2,3)59-46(53)50-28-26-49(27-29-50)41(52)25-24-40(51)48-42-44(56-32-37-20-12-6-13-21-37)43(55-31-36-18-10-5-11-19-36)39(34-54-30-35-16-8-4-9-17-35)58-45(42)57-33-38-22-14-7-15-23-38/h4-23,39,42-45H,24-34H2,1-3H3,(H,48,51)/t39-,42-,43-,44-,45?/m1/s1. The Morgan fingerprint density at radius 1 is 0.610 bits per heavy atom. The summed E-state index contributed by atoms with van der Waals surface area (Å²) in [6.45, 7) is 8.13. The van der Waals surface area contributed by atoms with Gasteiger partial charge in [-0.25, -0.2) is 4.79 Å². The Morgan fingerprint density at radius 2 is 1.07 bits per heavy atom. The number of carbonyl (C=O) groups is 3. The molecule has 0 aliphatic carbocycles. The zero-order valence-corrected chi connectivity index (χ0v) is 34.3. The number of benzene rings is 4. The van der Waals surface area contributed by atoms with E-state index < -0.39 is 42.3 Å². The normalized spacial score (nSPS) is 20.8. The molecule has 0 bridgehead atoms. The van der Waals surface area contributed by atoms with Crippen LogP contribution in [0.3, 0.4) is 0 Å². The van der Waals surface area contributed by atoms with Crippen molar-refractivity contribution in [2.75, 3.05) is 32.8 Å². The summed E-state index contributed by atoms with van der Waals surface area (Å²) in [4.78, 5) is 43.2. The minimum atomic E-state index is -0.960. The molecule has 12 nitrogen and oxygen atoms in total. The summed E-state index contributed by atoms with van der Waals surface area (Å²) in [5.74, 6) is -0.529. The van der Waals surface area contributed by atoms with Crippen LogP contribution in [0.4, 0.5) is 4.79 Å². The third kappa shape index (κ3) is 13.7. The molecule has 1 N–H and O–H groups in total. The molecule has 0 radical (unpaired) electrons. The van der Waals surface area contributed by atoms with Gasteiger partial charge in [0.25, 0.3) is 0 Å². The van der Waals surface area contributed by atoms with E-state index in [1.165, 1.54) is 0 Å². The van der Waals surface area contributed by atoms with Crippen LogP contribution in [0.1, 0.15) is 55.9 Å². The fourth-order valence-corrected chi connectivity index (χ4v) is 6.99. The van der Waals surface area contributed by atoms with Crippen molar-refractivity contribution in [3.05, 3.63) is 144 Å². The molecule has 0 aromatic heterocycles. The average molecular weight is 808 g/mol. The van der Waals surface area contributed by atoms with Crippen LogP contribution in [-0.4, -0.2) is 96.7 Å². The van der Waals surface area contributed by atoms with Crippen LogP contribution in [0, 0.1) is 0 Å². The van der Waals surface area contributed by atoms with Gasteiger partial charge in [0.2, 0.25) is 11.8 Å². The first-order valence-electron chi connectivity index (χ1n) is 20.4. The number of hydrogen-bond donors (Lipinski definition) is 1. The van der Waals surface area contributed by atoms with Crippen LogP contribution in [0.5, 0.6) is 0 Å². The SMILES string of the molecule is CC(C)(C)OC(=O)N1CCN(C(=O)CCC(=O)N[C@H]2C(OCc3ccccc3)O[C@H](COCc3ccccc3)[C@@H](OCc3ccccc3)[C@@H]2OCc2ccccc2)CC1. The third-order valence-electron chi connectivity index (χ3n) is 10.0. The molecule has 314 valence electrons. The lowest BCUT2D eigenvalue weighted by molar-refractivity contribution is -0.293. The van der Waals surface area contributed by atoms with Crippen LogP contribution in [0.25, 0.3) is 0 Å². The molecular formula is C47H57N3O9. The highest BCUT2D eigenvalue weighted by atomic mass is 16.7. The molecule has 0 spiro atoms. The minimum absolute atomic E-state index is 0.0131. The molecule has 6 rings (SSSR count). The fourth-order valence-electron chi connectivity index (χ4n) is 6.99. The van der Waals surface area contributed by atoms with Gasteiger partial charge in [0.05, 0.1) is 33.0 Å². The van der Waals surface area contributed by atoms with Crippen molar-refractivity contribution in [2.24, 2.45) is 0 Å². The second kappa shape index (κ2) is 21.8. The largest absolute Gasteiger partial charge is 0.444 e. The Morgan fingerprint density at radius 3 is 1.58 bits per heavy atom. The van der Waals surface area contributed by atoms with E-state index in [2.05, 4.69) is 5.32 Å². The van der Waals surface area contributed by atoms with E-state index in [4.69, 9.17) is 28.4 Å². The molecule has 2 aliphatic rings. The second-order valence-corrected chi connectivity index (χ2v) is 15.8. The van der Waals surface area contributed by atoms with Gasteiger partial charge in [-0.2, -0.15) is 0 Å². The molecule has 2 heterocycles. The van der Waals surface area contributed by atoms with Crippen molar-refractivity contribution < 1.29 is 42.8 Å². The van der Waals surface area contributed by atoms with Crippen LogP contribution < -0.4 is 5.32 Å². The van der Waals surface area contributed by atoms with E-state index in [0.717, 1.165) is 22.3 Å². The van der Waals surface area contributed by atoms with E-state index >= 15 is 0 Å². The lowest BCUT2D eigenvalue weighted by atomic mass is 9.95. The summed E-state index contributed by atoms with van der Waals surface area (Å²) in [5, 5.41) is 3.15. The Hall–Kier alpha value is -5.11. The van der Waals surface area contributed by atoms with Gasteiger partial charge in [0.1, 0.15) is 30.0 Å². The van der Waals surface area contributed by atoms with Crippen LogP contribution in [0.15, 0.2) is 121 Å². The zero-order valence-electron chi connectivity index (χ0n) is 34.3. The van der Waals surface area contributed by atoms with Crippen molar-refractivity contribution in [2.45, 2.75) is 96.3 Å². The summed E-state index contributed by atoms with van der Waals surface area (Å²) in [6, 6.07) is 38.5. The van der Waals surface area contributed by atoms with Crippen molar-refractivity contribution in [1.29, 1.82) is 0 Å². The van der Waals surface area contributed by atoms with E-state index in [1.807, 2.05) is 142 Å². The monoisotopic (exact) mass is 807 g/mol. The summed E-state index contributed by atoms with van der Waals surface area (Å²) in [7, 11) is 0. The number of hydrogen-bond acceptors (Lipinski definition) is 9. The molecular weight excluding hydrogens is 751 g/mol. The molecule has 2 aliphatic heterocycles. The number of ether oxygens (including phenoxy) is 6. The molecule has 3 amide bonds. The Bertz CT molecular complexity index is 1870. The fraction of sp³-hybridized carbons (Fsp3) is 0.426. The highest BCUT2D eigenvalue weighted by Crippen LogP contribution is 2.30. The lowest BCUT2D eigenvalue weighted by Gasteiger charge is -2.46. The van der Waals surface area contributed by atoms with Gasteiger partial charge in [-0.1, -0.05) is 121 Å². The number of nitrogens with zero attached hydrogens (tertiary/aromatic N) is 2. The van der Waals surface area contributed by atoms with Crippen molar-refractivity contribution in [3.8, 4) is 0 Å². The molecule has 59 heavy (non-hydrogen) atoms. The molecule has 2 fully saturated rings. The van der Waals surface area contributed by atoms with Crippen LogP contribution in [-0.2, 0) is 64.4 Å². The number of carbonyl (C=O) groups excluding carboxylic acids is 3. The summed E-state index contributed by atoms with van der Waals surface area (Å²) >= 11 is 0. The topological polar surface area (TPSA) is 125 Å². The Balaban J connectivity index is 1.20. The summed E-state index contributed by atoms with van der Waals surface area (Å²) in [5.41, 5.74) is 3.25. The van der Waals surface area contributed by atoms with Gasteiger partial charge < -0.3 is 43.5 Å². The first kappa shape index (κ1) is 43.5. The van der Waals surface area contributed by atoms with Crippen LogP contribution >= 0.6 is 0 Å². The number of piperazine rings is 1. The predicted octanol–water partition coefficient (Wildman–Crippen LogP) is 6.66. The Kier molecular flexibility index (Phi) is 16.0. The average Bonchev–Trinajstić information content (AvgIpc) is 3.25. The minimum Gasteiger partial charge on any atom is -0.444 e. The first-order chi connectivity index (χ1) is 28.6. The number of rotatable bonds is 17. The summed E-state index contributed by atoms with van der Waals surface area (Å²) in [6.07, 6.45) is -3.53. The number of nitrogens with one attached hydrogen (secondary N) is 1. The van der Waals surface area contributed by atoms with Crippen molar-refractivity contribution in [1.82, 2.24) is 15.1 Å². The molecule has 5 atom stereocenters. The van der Waals surface area contributed by atoms with E-state index in [0.29, 0.717) is 32.8 Å².